The normalized spacial score (nSPS) is 15.4. The Bertz CT molecular complexity index is 122. The summed E-state index contributed by atoms with van der Waals surface area (Å²) in [5, 5.41) is 18.6. The molecule has 0 aromatic heterocycles. The van der Waals surface area contributed by atoms with Gasteiger partial charge >= 0.3 is 0 Å². The molecule has 0 aliphatic rings. The molecule has 3 nitrogen and oxygen atoms in total. The van der Waals surface area contributed by atoms with Crippen LogP contribution in [0.25, 0.3) is 0 Å². The first-order chi connectivity index (χ1) is 6.70. The molecule has 0 radical (unpaired) electrons. The van der Waals surface area contributed by atoms with Gasteiger partial charge in [-0.3, -0.25) is 0 Å². The van der Waals surface area contributed by atoms with Crippen molar-refractivity contribution in [1.29, 1.82) is 0 Å². The number of ether oxygens (including phenoxy) is 1. The van der Waals surface area contributed by atoms with Gasteiger partial charge in [-0.25, -0.2) is 0 Å². The topological polar surface area (TPSA) is 49.7 Å². The van der Waals surface area contributed by atoms with E-state index in [9.17, 15) is 10.2 Å². The lowest BCUT2D eigenvalue weighted by atomic mass is 10.3. The highest BCUT2D eigenvalue weighted by Gasteiger charge is 2.06. The summed E-state index contributed by atoms with van der Waals surface area (Å²) in [7, 11) is 0. The van der Waals surface area contributed by atoms with Crippen LogP contribution in [0.5, 0.6) is 0 Å². The van der Waals surface area contributed by atoms with Gasteiger partial charge in [0.25, 0.3) is 0 Å². The van der Waals surface area contributed by atoms with Crippen molar-refractivity contribution >= 4 is 11.8 Å². The molecular weight excluding hydrogens is 200 g/mol. The fourth-order valence-electron chi connectivity index (χ4n) is 0.870. The van der Waals surface area contributed by atoms with Crippen LogP contribution in [0, 0.1) is 0 Å². The second kappa shape index (κ2) is 9.77. The third kappa shape index (κ3) is 8.81. The average molecular weight is 222 g/mol. The summed E-state index contributed by atoms with van der Waals surface area (Å²) in [6.45, 7) is 4.68. The molecule has 0 aromatic carbocycles. The van der Waals surface area contributed by atoms with Crippen LogP contribution < -0.4 is 0 Å². The van der Waals surface area contributed by atoms with Gasteiger partial charge < -0.3 is 14.9 Å². The third-order valence-electron chi connectivity index (χ3n) is 1.75. The molecule has 0 bridgehead atoms. The maximum atomic E-state index is 9.43. The summed E-state index contributed by atoms with van der Waals surface area (Å²) in [6.07, 6.45) is 1.02. The van der Waals surface area contributed by atoms with E-state index >= 15 is 0 Å². The van der Waals surface area contributed by atoms with Crippen molar-refractivity contribution in [2.24, 2.45) is 0 Å². The van der Waals surface area contributed by atoms with Crippen molar-refractivity contribution in [3.63, 3.8) is 0 Å². The molecule has 0 spiro atoms. The number of thioether (sulfide) groups is 1. The standard InChI is InChI=1S/C10H22O3S/c1-3-5-14-8-10(12)7-13-6-9(11)4-2/h9-12H,3-8H2,1-2H3. The zero-order valence-corrected chi connectivity index (χ0v) is 9.92. The van der Waals surface area contributed by atoms with Crippen molar-refractivity contribution in [2.75, 3.05) is 24.7 Å². The first kappa shape index (κ1) is 14.2. The molecule has 0 saturated carbocycles. The number of aliphatic hydroxyl groups is 2. The van der Waals surface area contributed by atoms with E-state index < -0.39 is 12.2 Å². The fourth-order valence-corrected chi connectivity index (χ4v) is 1.69. The molecule has 0 saturated heterocycles. The van der Waals surface area contributed by atoms with E-state index in [0.29, 0.717) is 19.6 Å². The minimum Gasteiger partial charge on any atom is -0.391 e. The average Bonchev–Trinajstić information content (AvgIpc) is 2.18. The lowest BCUT2D eigenvalue weighted by molar-refractivity contribution is -0.00157. The Morgan fingerprint density at radius 3 is 2.36 bits per heavy atom. The highest BCUT2D eigenvalue weighted by Crippen LogP contribution is 2.05. The first-order valence-corrected chi connectivity index (χ1v) is 6.37. The predicted octanol–water partition coefficient (Wildman–Crippen LogP) is 1.28. The van der Waals surface area contributed by atoms with Gasteiger partial charge in [0.05, 0.1) is 25.4 Å². The van der Waals surface area contributed by atoms with Crippen LogP contribution in [-0.4, -0.2) is 47.1 Å². The largest absolute Gasteiger partial charge is 0.391 e. The molecule has 0 amide bonds. The molecule has 0 rings (SSSR count). The fraction of sp³-hybridized carbons (Fsp3) is 1.00. The molecule has 4 heteroatoms. The second-order valence-corrected chi connectivity index (χ2v) is 4.48. The molecule has 0 aliphatic heterocycles. The molecule has 2 N–H and O–H groups in total. The molecule has 0 fully saturated rings. The van der Waals surface area contributed by atoms with Crippen LogP contribution in [0.15, 0.2) is 0 Å². The van der Waals surface area contributed by atoms with Gasteiger partial charge in [-0.1, -0.05) is 13.8 Å². The molecular formula is C10H22O3S. The molecule has 2 atom stereocenters. The molecule has 2 unspecified atom stereocenters. The van der Waals surface area contributed by atoms with Crippen LogP contribution in [0.2, 0.25) is 0 Å². The van der Waals surface area contributed by atoms with Crippen molar-refractivity contribution in [3.8, 4) is 0 Å². The number of hydrogen-bond acceptors (Lipinski definition) is 4. The van der Waals surface area contributed by atoms with Crippen molar-refractivity contribution in [3.05, 3.63) is 0 Å². The van der Waals surface area contributed by atoms with Crippen molar-refractivity contribution in [1.82, 2.24) is 0 Å². The third-order valence-corrected chi connectivity index (χ3v) is 3.07. The van der Waals surface area contributed by atoms with Crippen LogP contribution in [0.4, 0.5) is 0 Å². The van der Waals surface area contributed by atoms with Crippen molar-refractivity contribution in [2.45, 2.75) is 38.9 Å². The lowest BCUT2D eigenvalue weighted by Gasteiger charge is -2.12. The molecule has 86 valence electrons. The summed E-state index contributed by atoms with van der Waals surface area (Å²) in [5.74, 6) is 1.80. The van der Waals surface area contributed by atoms with Crippen LogP contribution in [0.1, 0.15) is 26.7 Å². The maximum Gasteiger partial charge on any atom is 0.0863 e. The van der Waals surface area contributed by atoms with Gasteiger partial charge in [-0.2, -0.15) is 11.8 Å². The minimum absolute atomic E-state index is 0.325. The Morgan fingerprint density at radius 2 is 1.79 bits per heavy atom. The number of hydrogen-bond donors (Lipinski definition) is 2. The Morgan fingerprint density at radius 1 is 1.14 bits per heavy atom. The summed E-state index contributed by atoms with van der Waals surface area (Å²) in [6, 6.07) is 0. The maximum absolute atomic E-state index is 9.43. The summed E-state index contributed by atoms with van der Waals surface area (Å²) in [4.78, 5) is 0. The van der Waals surface area contributed by atoms with E-state index in [2.05, 4.69) is 6.92 Å². The van der Waals surface area contributed by atoms with E-state index in [1.807, 2.05) is 6.92 Å². The van der Waals surface area contributed by atoms with Crippen LogP contribution in [0.3, 0.4) is 0 Å². The number of aliphatic hydroxyl groups excluding tert-OH is 2. The van der Waals surface area contributed by atoms with Gasteiger partial charge in [-0.05, 0) is 18.6 Å². The van der Waals surface area contributed by atoms with E-state index in [0.717, 1.165) is 17.9 Å². The molecule has 0 aliphatic carbocycles. The van der Waals surface area contributed by atoms with Crippen LogP contribution >= 0.6 is 11.8 Å². The smallest absolute Gasteiger partial charge is 0.0863 e. The van der Waals surface area contributed by atoms with E-state index in [-0.39, 0.29) is 0 Å². The second-order valence-electron chi connectivity index (χ2n) is 3.33. The quantitative estimate of drug-likeness (QED) is 0.577. The SMILES string of the molecule is CCCSCC(O)COCC(O)CC. The van der Waals surface area contributed by atoms with Gasteiger partial charge in [-0.15, -0.1) is 0 Å². The number of rotatable bonds is 9. The highest BCUT2D eigenvalue weighted by atomic mass is 32.2. The Labute approximate surface area is 90.8 Å². The van der Waals surface area contributed by atoms with Gasteiger partial charge in [0.1, 0.15) is 0 Å². The Balaban J connectivity index is 3.21. The summed E-state index contributed by atoms with van der Waals surface area (Å²) >= 11 is 1.73. The Hall–Kier alpha value is 0.230. The van der Waals surface area contributed by atoms with E-state index in [1.54, 1.807) is 11.8 Å². The van der Waals surface area contributed by atoms with Gasteiger partial charge in [0.2, 0.25) is 0 Å². The van der Waals surface area contributed by atoms with Crippen LogP contribution in [-0.2, 0) is 4.74 Å². The Kier molecular flexibility index (Phi) is 9.93. The van der Waals surface area contributed by atoms with Crippen molar-refractivity contribution < 1.29 is 14.9 Å². The minimum atomic E-state index is -0.407. The lowest BCUT2D eigenvalue weighted by Crippen LogP contribution is -2.22. The summed E-state index contributed by atoms with van der Waals surface area (Å²) < 4.78 is 5.17. The zero-order chi connectivity index (χ0) is 10.8. The first-order valence-electron chi connectivity index (χ1n) is 5.22. The molecule has 0 aromatic rings. The predicted molar refractivity (Wildman–Crippen MR) is 60.7 cm³/mol. The van der Waals surface area contributed by atoms with Gasteiger partial charge in [0, 0.05) is 5.75 Å². The monoisotopic (exact) mass is 222 g/mol. The van der Waals surface area contributed by atoms with Gasteiger partial charge in [0.15, 0.2) is 0 Å². The summed E-state index contributed by atoms with van der Waals surface area (Å²) in [5.41, 5.74) is 0. The van der Waals surface area contributed by atoms with E-state index in [4.69, 9.17) is 4.74 Å². The molecule has 14 heavy (non-hydrogen) atoms. The molecule has 0 heterocycles. The zero-order valence-electron chi connectivity index (χ0n) is 9.11. The van der Waals surface area contributed by atoms with E-state index in [1.165, 1.54) is 0 Å². The highest BCUT2D eigenvalue weighted by molar-refractivity contribution is 7.99.